The number of nitriles is 1. The molecule has 100 valence electrons. The average molecular weight is 361 g/mol. The first-order chi connectivity index (χ1) is 9.06. The molecule has 1 atom stereocenters. The number of anilines is 1. The van der Waals surface area contributed by atoms with Crippen LogP contribution in [0.25, 0.3) is 0 Å². The van der Waals surface area contributed by atoms with Crippen molar-refractivity contribution < 1.29 is 4.79 Å². The Morgan fingerprint density at radius 1 is 1.63 bits per heavy atom. The van der Waals surface area contributed by atoms with E-state index >= 15 is 0 Å². The molecule has 1 heterocycles. The highest BCUT2D eigenvalue weighted by Gasteiger charge is 2.31. The molecule has 0 bridgehead atoms. The van der Waals surface area contributed by atoms with Crippen LogP contribution in [-0.4, -0.2) is 19.0 Å². The number of amides is 1. The van der Waals surface area contributed by atoms with Gasteiger partial charge in [0.25, 0.3) is 0 Å². The van der Waals surface area contributed by atoms with E-state index in [0.717, 1.165) is 21.1 Å². The molecule has 1 aliphatic rings. The van der Waals surface area contributed by atoms with Crippen molar-refractivity contribution in [3.05, 3.63) is 21.6 Å². The van der Waals surface area contributed by atoms with Gasteiger partial charge >= 0.3 is 0 Å². The van der Waals surface area contributed by atoms with Gasteiger partial charge in [0.05, 0.1) is 10.7 Å². The minimum absolute atomic E-state index is 0.0323. The van der Waals surface area contributed by atoms with Crippen LogP contribution >= 0.6 is 39.3 Å². The van der Waals surface area contributed by atoms with E-state index < -0.39 is 0 Å². The van der Waals surface area contributed by atoms with Crippen LogP contribution in [0.2, 0.25) is 5.02 Å². The monoisotopic (exact) mass is 359 g/mol. The minimum Gasteiger partial charge on any atom is -0.330 e. The van der Waals surface area contributed by atoms with Gasteiger partial charge < -0.3 is 10.6 Å². The number of thioether (sulfide) groups is 1. The summed E-state index contributed by atoms with van der Waals surface area (Å²) < 4.78 is 0.752. The Balaban J connectivity index is 2.34. The number of thiocyanates is 1. The van der Waals surface area contributed by atoms with Gasteiger partial charge in [0.1, 0.15) is 5.40 Å². The van der Waals surface area contributed by atoms with E-state index in [1.807, 2.05) is 5.40 Å². The molecule has 1 fully saturated rings. The van der Waals surface area contributed by atoms with Gasteiger partial charge in [0.2, 0.25) is 5.91 Å². The van der Waals surface area contributed by atoms with Gasteiger partial charge in [-0.3, -0.25) is 4.79 Å². The summed E-state index contributed by atoms with van der Waals surface area (Å²) in [6, 6.07) is 3.47. The van der Waals surface area contributed by atoms with E-state index in [-0.39, 0.29) is 11.8 Å². The predicted molar refractivity (Wildman–Crippen MR) is 80.1 cm³/mol. The Hall–Kier alpha value is -0.740. The van der Waals surface area contributed by atoms with Crippen LogP contribution in [0.15, 0.2) is 21.5 Å². The predicted octanol–water partition coefficient (Wildman–Crippen LogP) is 2.99. The van der Waals surface area contributed by atoms with Crippen molar-refractivity contribution in [3.63, 3.8) is 0 Å². The summed E-state index contributed by atoms with van der Waals surface area (Å²) in [6.45, 7) is 1.08. The number of halogens is 2. The fourth-order valence-electron chi connectivity index (χ4n) is 2.02. The third-order valence-corrected chi connectivity index (χ3v) is 4.86. The Kier molecular flexibility index (Phi) is 4.74. The Labute approximate surface area is 129 Å². The lowest BCUT2D eigenvalue weighted by atomic mass is 10.1. The maximum absolute atomic E-state index is 12.0. The number of nitrogens with two attached hydrogens (primary N) is 1. The second-order valence-electron chi connectivity index (χ2n) is 4.24. The molecule has 19 heavy (non-hydrogen) atoms. The van der Waals surface area contributed by atoms with Crippen molar-refractivity contribution in [1.82, 2.24) is 0 Å². The summed E-state index contributed by atoms with van der Waals surface area (Å²) in [5.41, 5.74) is 6.27. The largest absolute Gasteiger partial charge is 0.330 e. The molecule has 0 saturated carbocycles. The van der Waals surface area contributed by atoms with E-state index in [4.69, 9.17) is 22.6 Å². The summed E-state index contributed by atoms with van der Waals surface area (Å²) in [4.78, 5) is 14.3. The summed E-state index contributed by atoms with van der Waals surface area (Å²) in [7, 11) is 0. The van der Waals surface area contributed by atoms with Crippen molar-refractivity contribution in [2.45, 2.75) is 11.3 Å². The zero-order valence-electron chi connectivity index (χ0n) is 9.90. The second kappa shape index (κ2) is 6.14. The second-order valence-corrected chi connectivity index (χ2v) is 6.33. The molecular formula is C12H11BrClN3OS. The van der Waals surface area contributed by atoms with E-state index in [1.54, 1.807) is 17.0 Å². The molecule has 4 nitrogen and oxygen atoms in total. The van der Waals surface area contributed by atoms with Crippen molar-refractivity contribution in [3.8, 4) is 5.40 Å². The lowest BCUT2D eigenvalue weighted by molar-refractivity contribution is -0.117. The molecule has 1 unspecified atom stereocenters. The standard InChI is InChI=1S/C12H11BrClN3OS/c13-8-2-10(9(14)3-11(8)19-6-16)17-5-7(4-15)1-12(17)18/h2-3,7H,1,4-5,15H2. The Bertz CT molecular complexity index is 561. The number of carbonyl (C=O) groups excluding carboxylic acids is 1. The third-order valence-electron chi connectivity index (χ3n) is 2.99. The number of rotatable bonds is 3. The number of hydrogen-bond acceptors (Lipinski definition) is 4. The molecule has 0 spiro atoms. The van der Waals surface area contributed by atoms with E-state index in [1.165, 1.54) is 0 Å². The molecule has 1 saturated heterocycles. The zero-order chi connectivity index (χ0) is 14.0. The Morgan fingerprint density at radius 3 is 2.95 bits per heavy atom. The van der Waals surface area contributed by atoms with Crippen molar-refractivity contribution in [2.24, 2.45) is 11.7 Å². The number of hydrogen-bond donors (Lipinski definition) is 1. The summed E-state index contributed by atoms with van der Waals surface area (Å²) in [5, 5.41) is 11.2. The molecule has 2 rings (SSSR count). The lowest BCUT2D eigenvalue weighted by Gasteiger charge is -2.19. The third kappa shape index (κ3) is 3.06. The highest BCUT2D eigenvalue weighted by molar-refractivity contribution is 9.10. The molecule has 1 aliphatic heterocycles. The summed E-state index contributed by atoms with van der Waals surface area (Å²) in [5.74, 6) is 0.209. The van der Waals surface area contributed by atoms with Gasteiger partial charge in [0, 0.05) is 22.3 Å². The first-order valence-electron chi connectivity index (χ1n) is 5.62. The first-order valence-corrected chi connectivity index (χ1v) is 7.61. The molecule has 1 amide bonds. The molecule has 0 aliphatic carbocycles. The Morgan fingerprint density at radius 2 is 2.37 bits per heavy atom. The SMILES string of the molecule is N#CSc1cc(Cl)c(N2CC(CN)CC2=O)cc1Br. The highest BCUT2D eigenvalue weighted by atomic mass is 79.9. The van der Waals surface area contributed by atoms with Crippen molar-refractivity contribution in [1.29, 1.82) is 5.26 Å². The lowest BCUT2D eigenvalue weighted by Crippen LogP contribution is -2.26. The fraction of sp³-hybridized carbons (Fsp3) is 0.333. The van der Waals surface area contributed by atoms with Gasteiger partial charge in [-0.05, 0) is 52.3 Å². The van der Waals surface area contributed by atoms with Gasteiger partial charge in [-0.2, -0.15) is 5.26 Å². The van der Waals surface area contributed by atoms with Gasteiger partial charge in [-0.15, -0.1) is 0 Å². The molecule has 0 radical (unpaired) electrons. The first kappa shape index (κ1) is 14.7. The van der Waals surface area contributed by atoms with E-state index in [2.05, 4.69) is 15.9 Å². The molecule has 2 N–H and O–H groups in total. The van der Waals surface area contributed by atoms with Crippen LogP contribution < -0.4 is 10.6 Å². The van der Waals surface area contributed by atoms with Gasteiger partial charge in [-0.25, -0.2) is 0 Å². The highest BCUT2D eigenvalue weighted by Crippen LogP contribution is 2.38. The van der Waals surface area contributed by atoms with E-state index in [0.29, 0.717) is 30.2 Å². The fourth-order valence-corrected chi connectivity index (χ4v) is 3.36. The summed E-state index contributed by atoms with van der Waals surface area (Å²) in [6.07, 6.45) is 0.457. The quantitative estimate of drug-likeness (QED) is 0.664. The summed E-state index contributed by atoms with van der Waals surface area (Å²) >= 11 is 10.6. The normalized spacial score (nSPS) is 18.7. The minimum atomic E-state index is 0.0323. The smallest absolute Gasteiger partial charge is 0.227 e. The molecule has 7 heteroatoms. The number of benzene rings is 1. The van der Waals surface area contributed by atoms with Crippen molar-refractivity contribution >= 4 is 50.9 Å². The van der Waals surface area contributed by atoms with Crippen LogP contribution in [0.4, 0.5) is 5.69 Å². The van der Waals surface area contributed by atoms with Crippen LogP contribution in [0.1, 0.15) is 6.42 Å². The van der Waals surface area contributed by atoms with Gasteiger partial charge in [-0.1, -0.05) is 11.6 Å². The van der Waals surface area contributed by atoms with Crippen LogP contribution in [0.5, 0.6) is 0 Å². The molecule has 1 aromatic rings. The van der Waals surface area contributed by atoms with Crippen molar-refractivity contribution in [2.75, 3.05) is 18.0 Å². The van der Waals surface area contributed by atoms with Crippen LogP contribution in [0.3, 0.4) is 0 Å². The maximum Gasteiger partial charge on any atom is 0.227 e. The van der Waals surface area contributed by atoms with E-state index in [9.17, 15) is 4.79 Å². The zero-order valence-corrected chi connectivity index (χ0v) is 13.1. The maximum atomic E-state index is 12.0. The van der Waals surface area contributed by atoms with Crippen LogP contribution in [0, 0.1) is 16.6 Å². The molecule has 0 aromatic heterocycles. The number of carbonyl (C=O) groups is 1. The van der Waals surface area contributed by atoms with Crippen LogP contribution in [-0.2, 0) is 4.79 Å². The molecular weight excluding hydrogens is 350 g/mol. The molecule has 1 aromatic carbocycles. The topological polar surface area (TPSA) is 70.1 Å². The average Bonchev–Trinajstić information content (AvgIpc) is 2.75. The van der Waals surface area contributed by atoms with Gasteiger partial charge in [0.15, 0.2) is 0 Å². The number of nitrogens with zero attached hydrogens (tertiary/aromatic N) is 2.